The van der Waals surface area contributed by atoms with E-state index in [1.807, 2.05) is 20.0 Å². The van der Waals surface area contributed by atoms with Gasteiger partial charge in [-0.15, -0.1) is 0 Å². The number of nitrogens with zero attached hydrogens (tertiary/aromatic N) is 1. The first kappa shape index (κ1) is 24.3. The highest BCUT2D eigenvalue weighted by atomic mass is 15.1. The van der Waals surface area contributed by atoms with Crippen molar-refractivity contribution in [1.29, 1.82) is 0 Å². The van der Waals surface area contributed by atoms with E-state index in [2.05, 4.69) is 106 Å². The van der Waals surface area contributed by atoms with Crippen molar-refractivity contribution in [3.63, 3.8) is 0 Å². The molecule has 0 radical (unpaired) electrons. The van der Waals surface area contributed by atoms with Crippen molar-refractivity contribution in [3.05, 3.63) is 108 Å². The topological polar surface area (TPSA) is 15.3 Å². The molecule has 0 spiro atoms. The molecular weight excluding hydrogens is 352 g/mol. The van der Waals surface area contributed by atoms with Crippen LogP contribution in [-0.2, 0) is 0 Å². The number of likely N-dealkylation sites (N-methyl/N-ethyl adjacent to an activating group) is 2. The summed E-state index contributed by atoms with van der Waals surface area (Å²) in [6.07, 6.45) is 24.3. The second-order valence-corrected chi connectivity index (χ2v) is 7.33. The summed E-state index contributed by atoms with van der Waals surface area (Å²) in [6, 6.07) is 0.132. The van der Waals surface area contributed by atoms with E-state index in [1.54, 1.807) is 6.08 Å². The van der Waals surface area contributed by atoms with Gasteiger partial charge in [-0.25, -0.2) is 0 Å². The fourth-order valence-corrected chi connectivity index (χ4v) is 3.02. The molecule has 29 heavy (non-hydrogen) atoms. The monoisotopic (exact) mass is 390 g/mol. The lowest BCUT2D eigenvalue weighted by atomic mass is 9.93. The summed E-state index contributed by atoms with van der Waals surface area (Å²) < 4.78 is 0. The number of nitrogens with one attached hydrogen (secondary N) is 1. The first-order valence-corrected chi connectivity index (χ1v) is 10.4. The highest BCUT2D eigenvalue weighted by Gasteiger charge is 2.19. The van der Waals surface area contributed by atoms with Gasteiger partial charge in [0.1, 0.15) is 0 Å². The summed E-state index contributed by atoms with van der Waals surface area (Å²) in [6.45, 7) is 16.9. The first-order chi connectivity index (χ1) is 13.9. The summed E-state index contributed by atoms with van der Waals surface area (Å²) in [7, 11) is 4.05. The zero-order chi connectivity index (χ0) is 21.8. The Bertz CT molecular complexity index is 781. The maximum absolute atomic E-state index is 4.47. The maximum atomic E-state index is 4.47. The van der Waals surface area contributed by atoms with Crippen LogP contribution < -0.4 is 5.32 Å². The van der Waals surface area contributed by atoms with Crippen LogP contribution in [0.2, 0.25) is 0 Å². The van der Waals surface area contributed by atoms with E-state index in [4.69, 9.17) is 0 Å². The highest BCUT2D eigenvalue weighted by Crippen LogP contribution is 2.26. The molecule has 1 aliphatic heterocycles. The van der Waals surface area contributed by atoms with Crippen molar-refractivity contribution in [2.24, 2.45) is 5.92 Å². The highest BCUT2D eigenvalue weighted by molar-refractivity contribution is 5.53. The predicted octanol–water partition coefficient (Wildman–Crippen LogP) is 6.64. The Balaban J connectivity index is 3.45. The summed E-state index contributed by atoms with van der Waals surface area (Å²) in [4.78, 5) is 2.26. The molecule has 0 aromatic rings. The van der Waals surface area contributed by atoms with Gasteiger partial charge in [0.15, 0.2) is 0 Å². The third kappa shape index (κ3) is 7.30. The number of rotatable bonds is 10. The molecule has 0 aromatic heterocycles. The van der Waals surface area contributed by atoms with Crippen molar-refractivity contribution >= 4 is 0 Å². The van der Waals surface area contributed by atoms with Crippen LogP contribution >= 0.6 is 0 Å². The lowest BCUT2D eigenvalue weighted by Gasteiger charge is -2.32. The van der Waals surface area contributed by atoms with Crippen molar-refractivity contribution in [2.45, 2.75) is 40.2 Å². The van der Waals surface area contributed by atoms with Gasteiger partial charge in [-0.3, -0.25) is 0 Å². The van der Waals surface area contributed by atoms with E-state index in [-0.39, 0.29) is 6.04 Å². The molecule has 0 fully saturated rings. The molecule has 1 N–H and O–H groups in total. The van der Waals surface area contributed by atoms with Gasteiger partial charge in [0.2, 0.25) is 0 Å². The van der Waals surface area contributed by atoms with Gasteiger partial charge in [0.25, 0.3) is 0 Å². The molecule has 2 unspecified atom stereocenters. The Hall–Kier alpha value is -2.74. The van der Waals surface area contributed by atoms with E-state index in [1.165, 1.54) is 5.70 Å². The van der Waals surface area contributed by atoms with E-state index < -0.39 is 0 Å². The molecule has 0 aliphatic carbocycles. The molecule has 1 heterocycles. The van der Waals surface area contributed by atoms with E-state index in [0.29, 0.717) is 5.92 Å². The first-order valence-electron chi connectivity index (χ1n) is 10.4. The second kappa shape index (κ2) is 12.7. The van der Waals surface area contributed by atoms with Crippen LogP contribution in [0.3, 0.4) is 0 Å². The minimum atomic E-state index is 0.132. The average molecular weight is 391 g/mol. The van der Waals surface area contributed by atoms with E-state index in [0.717, 1.165) is 28.8 Å². The van der Waals surface area contributed by atoms with Crippen molar-refractivity contribution in [3.8, 4) is 0 Å². The SMILES string of the molecule is C=C\C=C(NC)/C(/C=C/C)=C/C(=C/C=C\C(C)CC)C(=C)C1C=CC=C(C)N1C. The van der Waals surface area contributed by atoms with Crippen LogP contribution in [0.4, 0.5) is 0 Å². The average Bonchev–Trinajstić information content (AvgIpc) is 2.72. The third-order valence-corrected chi connectivity index (χ3v) is 5.21. The number of allylic oxidation sites excluding steroid dienone is 11. The molecule has 0 saturated heterocycles. The third-order valence-electron chi connectivity index (χ3n) is 5.21. The smallest absolute Gasteiger partial charge is 0.0723 e. The summed E-state index contributed by atoms with van der Waals surface area (Å²) in [5, 5.41) is 3.27. The summed E-state index contributed by atoms with van der Waals surface area (Å²) in [5.41, 5.74) is 5.52. The molecule has 156 valence electrons. The predicted molar refractivity (Wildman–Crippen MR) is 131 cm³/mol. The second-order valence-electron chi connectivity index (χ2n) is 7.33. The van der Waals surface area contributed by atoms with E-state index in [9.17, 15) is 0 Å². The van der Waals surface area contributed by atoms with Crippen molar-refractivity contribution in [2.75, 3.05) is 14.1 Å². The molecular formula is C27H38N2. The molecule has 0 saturated carbocycles. The summed E-state index contributed by atoms with van der Waals surface area (Å²) >= 11 is 0. The maximum Gasteiger partial charge on any atom is 0.0723 e. The molecule has 2 atom stereocenters. The fraction of sp³-hybridized carbons (Fsp3) is 0.333. The number of hydrogen-bond donors (Lipinski definition) is 1. The Labute approximate surface area is 178 Å². The van der Waals surface area contributed by atoms with Gasteiger partial charge in [-0.05, 0) is 54.7 Å². The quantitative estimate of drug-likeness (QED) is 0.421. The van der Waals surface area contributed by atoms with Crippen LogP contribution in [0, 0.1) is 5.92 Å². The van der Waals surface area contributed by atoms with Crippen LogP contribution in [0.1, 0.15) is 34.1 Å². The zero-order valence-corrected chi connectivity index (χ0v) is 19.1. The molecule has 0 amide bonds. The summed E-state index contributed by atoms with van der Waals surface area (Å²) in [5.74, 6) is 0.552. The fourth-order valence-electron chi connectivity index (χ4n) is 3.02. The normalized spacial score (nSPS) is 19.7. The van der Waals surface area contributed by atoms with Crippen LogP contribution in [0.5, 0.6) is 0 Å². The molecule has 1 rings (SSSR count). The van der Waals surface area contributed by atoms with E-state index >= 15 is 0 Å². The minimum absolute atomic E-state index is 0.132. The van der Waals surface area contributed by atoms with Gasteiger partial charge in [-0.2, -0.15) is 0 Å². The van der Waals surface area contributed by atoms with Crippen LogP contribution in [-0.4, -0.2) is 25.0 Å². The number of hydrogen-bond acceptors (Lipinski definition) is 2. The van der Waals surface area contributed by atoms with Gasteiger partial charge in [0, 0.05) is 25.5 Å². The standard InChI is InChI=1S/C27H38N2/c1-9-14-25(26(28-7)15-10-2)20-24(18-12-16-21(4)11-3)23(6)27-19-13-17-22(5)29(27)8/h9-10,12-21,27-28H,2,6,11H2,1,3-5,7-8H3/b14-9+,16-12-,24-18-,25-20+,26-15+. The molecule has 2 nitrogen and oxygen atoms in total. The molecule has 0 bridgehead atoms. The Morgan fingerprint density at radius 3 is 2.62 bits per heavy atom. The lowest BCUT2D eigenvalue weighted by Crippen LogP contribution is -2.32. The van der Waals surface area contributed by atoms with Crippen LogP contribution in [0.25, 0.3) is 0 Å². The van der Waals surface area contributed by atoms with Crippen LogP contribution in [0.15, 0.2) is 108 Å². The largest absolute Gasteiger partial charge is 0.388 e. The van der Waals surface area contributed by atoms with Gasteiger partial charge in [0.05, 0.1) is 6.04 Å². The zero-order valence-electron chi connectivity index (χ0n) is 19.1. The van der Waals surface area contributed by atoms with Gasteiger partial charge < -0.3 is 10.2 Å². The molecule has 1 aliphatic rings. The van der Waals surface area contributed by atoms with Crippen molar-refractivity contribution in [1.82, 2.24) is 10.2 Å². The van der Waals surface area contributed by atoms with Crippen molar-refractivity contribution < 1.29 is 0 Å². The Morgan fingerprint density at radius 1 is 1.31 bits per heavy atom. The van der Waals surface area contributed by atoms with Gasteiger partial charge >= 0.3 is 0 Å². The van der Waals surface area contributed by atoms with Gasteiger partial charge in [-0.1, -0.05) is 82.0 Å². The molecule has 0 aromatic carbocycles. The molecule has 2 heteroatoms. The lowest BCUT2D eigenvalue weighted by molar-refractivity contribution is 0.387. The Kier molecular flexibility index (Phi) is 10.6. The minimum Gasteiger partial charge on any atom is -0.388 e. The Morgan fingerprint density at radius 2 is 2.03 bits per heavy atom.